The molecule has 0 saturated carbocycles. The Labute approximate surface area is 249 Å². The number of aromatic hydroxyl groups is 2. The summed E-state index contributed by atoms with van der Waals surface area (Å²) in [6.07, 6.45) is 1.44. The molecule has 0 aliphatic rings. The second-order valence-corrected chi connectivity index (χ2v) is 8.72. The van der Waals surface area contributed by atoms with E-state index in [-0.39, 0.29) is 23.2 Å². The predicted molar refractivity (Wildman–Crippen MR) is 159 cm³/mol. The molecule has 0 aliphatic heterocycles. The third-order valence-electron chi connectivity index (χ3n) is 6.13. The zero-order valence-corrected chi connectivity index (χ0v) is 23.4. The molecule has 0 amide bonds. The number of hydrogen-bond donors (Lipinski definition) is 3. The molecule has 6 rings (SSSR count). The number of hydrogen-bond acceptors (Lipinski definition) is 7. The van der Waals surface area contributed by atoms with Crippen molar-refractivity contribution in [3.05, 3.63) is 143 Å². The maximum absolute atomic E-state index is 12.0. The van der Waals surface area contributed by atoms with Gasteiger partial charge in [-0.3, -0.25) is 4.79 Å². The Bertz CT molecular complexity index is 1920. The summed E-state index contributed by atoms with van der Waals surface area (Å²) in [4.78, 5) is 12.0. The van der Waals surface area contributed by atoms with E-state index in [0.29, 0.717) is 27.7 Å². The molecule has 3 N–H and O–H groups in total. The van der Waals surface area contributed by atoms with Gasteiger partial charge in [0.25, 0.3) is 0 Å². The Morgan fingerprint density at radius 1 is 0.714 bits per heavy atom. The van der Waals surface area contributed by atoms with Crippen LogP contribution in [0.25, 0.3) is 33.1 Å². The Hall–Kier alpha value is -5.31. The van der Waals surface area contributed by atoms with Crippen molar-refractivity contribution in [2.45, 2.75) is 0 Å². The molecular formula is C33H24N2O6V. The van der Waals surface area contributed by atoms with E-state index in [9.17, 15) is 20.1 Å². The van der Waals surface area contributed by atoms with Crippen LogP contribution in [-0.4, -0.2) is 27.4 Å². The zero-order chi connectivity index (χ0) is 29.9. The SMILES string of the molecule is O/C(=N\N=C\c1c(O)ccc2ccccc12)c1ccccc1.O=c1c(O)c(-c2ccccc2)oc2ccccc12.[O]=[V]. The van der Waals surface area contributed by atoms with Gasteiger partial charge in [0, 0.05) is 16.7 Å². The molecule has 6 aromatic rings. The fourth-order valence-corrected chi connectivity index (χ4v) is 4.12. The van der Waals surface area contributed by atoms with Gasteiger partial charge in [0.2, 0.25) is 17.1 Å². The van der Waals surface area contributed by atoms with Crippen LogP contribution in [-0.2, 0) is 21.0 Å². The van der Waals surface area contributed by atoms with E-state index in [4.69, 9.17) is 8.09 Å². The molecule has 42 heavy (non-hydrogen) atoms. The number of aliphatic hydroxyl groups excluding tert-OH is 1. The number of para-hydroxylation sites is 1. The van der Waals surface area contributed by atoms with Crippen LogP contribution in [0, 0.1) is 0 Å². The third-order valence-corrected chi connectivity index (χ3v) is 6.13. The maximum atomic E-state index is 12.0. The second-order valence-electron chi connectivity index (χ2n) is 8.72. The number of phenolic OH excluding ortho intramolecular Hbond substituents is 1. The summed E-state index contributed by atoms with van der Waals surface area (Å²) in [5, 5.41) is 39.7. The van der Waals surface area contributed by atoms with Gasteiger partial charge in [-0.25, -0.2) is 0 Å². The molecule has 207 valence electrons. The average molecular weight is 596 g/mol. The first-order chi connectivity index (χ1) is 20.5. The number of fused-ring (bicyclic) bond motifs is 2. The Morgan fingerprint density at radius 3 is 2.02 bits per heavy atom. The van der Waals surface area contributed by atoms with E-state index in [0.717, 1.165) is 28.1 Å². The molecular weight excluding hydrogens is 571 g/mol. The van der Waals surface area contributed by atoms with Gasteiger partial charge >= 0.3 is 21.0 Å². The van der Waals surface area contributed by atoms with Crippen LogP contribution in [0.1, 0.15) is 11.1 Å². The van der Waals surface area contributed by atoms with E-state index in [1.54, 1.807) is 66.7 Å². The van der Waals surface area contributed by atoms with Crippen LogP contribution in [0.2, 0.25) is 0 Å². The van der Waals surface area contributed by atoms with Gasteiger partial charge in [0.05, 0.1) is 11.6 Å². The topological polar surface area (TPSA) is 133 Å². The number of phenols is 1. The van der Waals surface area contributed by atoms with Crippen molar-refractivity contribution in [1.29, 1.82) is 0 Å². The van der Waals surface area contributed by atoms with Gasteiger partial charge in [0.15, 0.2) is 5.76 Å². The molecule has 0 fully saturated rings. The summed E-state index contributed by atoms with van der Waals surface area (Å²) in [7, 11) is 0. The van der Waals surface area contributed by atoms with Gasteiger partial charge in [-0.05, 0) is 41.1 Å². The van der Waals surface area contributed by atoms with Gasteiger partial charge in [-0.1, -0.05) is 91.0 Å². The molecule has 9 heteroatoms. The summed E-state index contributed by atoms with van der Waals surface area (Å²) < 4.78 is 13.8. The van der Waals surface area contributed by atoms with E-state index in [1.807, 2.05) is 54.6 Å². The van der Waals surface area contributed by atoms with Gasteiger partial charge in [0.1, 0.15) is 11.3 Å². The minimum absolute atomic E-state index is 0.122. The standard InChI is InChI=1S/C18H14N2O2.C15H10O3.O.V/c21-17-11-10-13-6-4-5-9-15(13)16(17)12-19-20-18(22)14-7-2-1-3-8-14;16-13-11-8-4-5-9-12(11)18-15(14(13)17)10-6-2-1-3-7-10;;/h1-12,21H,(H,20,22);1-9,17H;;/b19-12+;;;. The van der Waals surface area contributed by atoms with Crippen LogP contribution in [0.5, 0.6) is 11.5 Å². The van der Waals surface area contributed by atoms with Crippen LogP contribution >= 0.6 is 0 Å². The first-order valence-corrected chi connectivity index (χ1v) is 13.1. The first-order valence-electron chi connectivity index (χ1n) is 12.6. The quantitative estimate of drug-likeness (QED) is 0.115. The number of benzene rings is 5. The van der Waals surface area contributed by atoms with Crippen LogP contribution < -0.4 is 5.43 Å². The number of nitrogens with zero attached hydrogens (tertiary/aromatic N) is 2. The molecule has 0 saturated heterocycles. The van der Waals surface area contributed by atoms with E-state index >= 15 is 0 Å². The number of rotatable bonds is 4. The van der Waals surface area contributed by atoms with E-state index in [2.05, 4.69) is 10.2 Å². The van der Waals surface area contributed by atoms with Crippen molar-refractivity contribution in [3.8, 4) is 22.8 Å². The van der Waals surface area contributed by atoms with Crippen LogP contribution in [0.3, 0.4) is 0 Å². The minimum atomic E-state index is -0.407. The average Bonchev–Trinajstić information content (AvgIpc) is 3.06. The van der Waals surface area contributed by atoms with Crippen LogP contribution in [0.15, 0.2) is 141 Å². The van der Waals surface area contributed by atoms with Crippen molar-refractivity contribution in [1.82, 2.24) is 0 Å². The first kappa shape index (κ1) is 29.7. The van der Waals surface area contributed by atoms with Gasteiger partial charge in [-0.15, -0.1) is 5.10 Å². The fourth-order valence-electron chi connectivity index (χ4n) is 4.12. The molecule has 0 atom stereocenters. The monoisotopic (exact) mass is 595 g/mol. The Balaban J connectivity index is 0.000000185. The van der Waals surface area contributed by atoms with E-state index in [1.165, 1.54) is 6.21 Å². The van der Waals surface area contributed by atoms with Crippen molar-refractivity contribution in [3.63, 3.8) is 0 Å². The van der Waals surface area contributed by atoms with Crippen molar-refractivity contribution in [2.24, 2.45) is 10.2 Å². The Morgan fingerprint density at radius 2 is 1.31 bits per heavy atom. The molecule has 1 aromatic heterocycles. The molecule has 0 aliphatic carbocycles. The molecule has 0 radical (unpaired) electrons. The second kappa shape index (κ2) is 14.4. The van der Waals surface area contributed by atoms with Gasteiger partial charge in [-0.2, -0.15) is 5.10 Å². The normalized spacial score (nSPS) is 11.0. The summed E-state index contributed by atoms with van der Waals surface area (Å²) in [6, 6.07) is 36.0. The summed E-state index contributed by atoms with van der Waals surface area (Å²) >= 11 is 1.06. The predicted octanol–water partition coefficient (Wildman–Crippen LogP) is 6.93. The fraction of sp³-hybridized carbons (Fsp3) is 0. The van der Waals surface area contributed by atoms with Crippen molar-refractivity contribution >= 4 is 33.9 Å². The third kappa shape index (κ3) is 6.87. The van der Waals surface area contributed by atoms with Crippen LogP contribution in [0.4, 0.5) is 0 Å². The summed E-state index contributed by atoms with van der Waals surface area (Å²) in [6.45, 7) is 0. The molecule has 0 spiro atoms. The van der Waals surface area contributed by atoms with E-state index < -0.39 is 5.43 Å². The molecule has 5 aromatic carbocycles. The van der Waals surface area contributed by atoms with Crippen molar-refractivity contribution in [2.75, 3.05) is 0 Å². The Kier molecular flexibility index (Phi) is 10.1. The zero-order valence-electron chi connectivity index (χ0n) is 22.0. The molecule has 0 bridgehead atoms. The van der Waals surface area contributed by atoms with Gasteiger partial charge < -0.3 is 19.7 Å². The molecule has 8 nitrogen and oxygen atoms in total. The molecule has 1 heterocycles. The summed E-state index contributed by atoms with van der Waals surface area (Å²) in [5.41, 5.74) is 1.90. The summed E-state index contributed by atoms with van der Waals surface area (Å²) in [5.74, 6) is -0.187. The van der Waals surface area contributed by atoms with Crippen molar-refractivity contribution < 1.29 is 40.8 Å². The molecule has 0 unspecified atom stereocenters. The number of aliphatic hydroxyl groups is 1.